The number of anilines is 3. The van der Waals surface area contributed by atoms with Crippen molar-refractivity contribution >= 4 is 82.2 Å². The fraction of sp³-hybridized carbons (Fsp3) is 0.500. The first-order chi connectivity index (χ1) is 33.4. The van der Waals surface area contributed by atoms with Gasteiger partial charge < -0.3 is 76.1 Å². The fourth-order valence-electron chi connectivity index (χ4n) is 7.78. The lowest BCUT2D eigenvalue weighted by atomic mass is 10.1. The third-order valence-corrected chi connectivity index (χ3v) is 13.9. The van der Waals surface area contributed by atoms with Crippen molar-refractivity contribution < 1.29 is 104 Å². The maximum Gasteiger partial charge on any atom is 0.472 e. The van der Waals surface area contributed by atoms with Crippen molar-refractivity contribution in [2.24, 2.45) is 0 Å². The van der Waals surface area contributed by atoms with Gasteiger partial charge in [0.1, 0.15) is 90.5 Å². The summed E-state index contributed by atoms with van der Waals surface area (Å²) in [5.41, 5.74) is 17.6. The van der Waals surface area contributed by atoms with Crippen molar-refractivity contribution in [3.8, 4) is 0 Å². The Morgan fingerprint density at radius 1 is 0.465 bits per heavy atom. The molecule has 6 aromatic heterocycles. The fourth-order valence-corrected chi connectivity index (χ4v) is 10.5. The molecule has 0 saturated carbocycles. The third-order valence-electron chi connectivity index (χ3n) is 10.9. The number of fused-ring (bicyclic) bond motifs is 3. The number of hydrogen-bond donors (Lipinski definition) is 12. The number of nitrogens with two attached hydrogens (primary N) is 3. The molecule has 9 heterocycles. The number of phosphoric ester groups is 4. The maximum atomic E-state index is 13.7. The molecule has 0 bridgehead atoms. The van der Waals surface area contributed by atoms with Crippen molar-refractivity contribution in [1.29, 1.82) is 0 Å². The van der Waals surface area contributed by atoms with E-state index in [1.165, 1.54) is 0 Å². The van der Waals surface area contributed by atoms with Gasteiger partial charge in [0.25, 0.3) is 0 Å². The molecule has 3 aliphatic heterocycles. The molecule has 41 heteroatoms. The molecule has 14 atom stereocenters. The monoisotopic (exact) mass is 1090 g/mol. The van der Waals surface area contributed by atoms with Gasteiger partial charge in [0.2, 0.25) is 0 Å². The zero-order chi connectivity index (χ0) is 50.9. The van der Waals surface area contributed by atoms with E-state index >= 15 is 0 Å². The molecule has 2 unspecified atom stereocenters. The highest BCUT2D eigenvalue weighted by Crippen LogP contribution is 2.54. The first kappa shape index (κ1) is 51.2. The molecule has 0 spiro atoms. The van der Waals surface area contributed by atoms with E-state index in [0.717, 1.165) is 51.7 Å². The Morgan fingerprint density at radius 2 is 0.775 bits per heavy atom. The van der Waals surface area contributed by atoms with Crippen LogP contribution < -0.4 is 17.2 Å². The number of hydrogen-bond acceptors (Lipinski definition) is 28. The van der Waals surface area contributed by atoms with Crippen LogP contribution >= 0.6 is 31.3 Å². The van der Waals surface area contributed by atoms with Crippen LogP contribution in [-0.4, -0.2) is 178 Å². The molecule has 0 radical (unpaired) electrons. The lowest BCUT2D eigenvalue weighted by molar-refractivity contribution is -0.0643. The quantitative estimate of drug-likeness (QED) is 0.0374. The van der Waals surface area contributed by atoms with Crippen molar-refractivity contribution in [3.63, 3.8) is 0 Å². The van der Waals surface area contributed by atoms with Gasteiger partial charge in [-0.2, -0.15) is 0 Å². The van der Waals surface area contributed by atoms with E-state index in [-0.39, 0.29) is 50.9 Å². The molecule has 0 aliphatic carbocycles. The molecule has 3 aliphatic rings. The summed E-state index contributed by atoms with van der Waals surface area (Å²) in [4.78, 5) is 95.9. The van der Waals surface area contributed by atoms with E-state index < -0.39 is 125 Å². The minimum atomic E-state index is -5.50. The Bertz CT molecular complexity index is 3140. The number of nitrogen functional groups attached to an aromatic ring is 3. The van der Waals surface area contributed by atoms with Gasteiger partial charge in [-0.15, -0.1) is 0 Å². The topological polar surface area (TPSA) is 542 Å². The summed E-state index contributed by atoms with van der Waals surface area (Å²) >= 11 is 0. The molecule has 15 N–H and O–H groups in total. The summed E-state index contributed by atoms with van der Waals surface area (Å²) < 4.78 is 102. The largest absolute Gasteiger partial charge is 0.472 e. The number of nitrogens with zero attached hydrogens (tertiary/aromatic N) is 12. The second-order valence-corrected chi connectivity index (χ2v) is 20.7. The van der Waals surface area contributed by atoms with E-state index in [1.54, 1.807) is 0 Å². The van der Waals surface area contributed by atoms with E-state index in [2.05, 4.69) is 49.4 Å². The highest BCUT2D eigenvalue weighted by molar-refractivity contribution is 7.47. The van der Waals surface area contributed by atoms with Gasteiger partial charge in [0.15, 0.2) is 53.1 Å². The van der Waals surface area contributed by atoms with Gasteiger partial charge in [-0.3, -0.25) is 40.8 Å². The second kappa shape index (κ2) is 19.3. The summed E-state index contributed by atoms with van der Waals surface area (Å²) in [6, 6.07) is 0. The molecule has 3 saturated heterocycles. The second-order valence-electron chi connectivity index (χ2n) is 15.4. The van der Waals surface area contributed by atoms with Crippen LogP contribution in [-0.2, 0) is 59.6 Å². The average molecular weight is 1090 g/mol. The Labute approximate surface area is 393 Å². The molecule has 0 aromatic carbocycles. The van der Waals surface area contributed by atoms with Gasteiger partial charge in [-0.25, -0.2) is 63.1 Å². The van der Waals surface area contributed by atoms with Crippen LogP contribution in [0.3, 0.4) is 0 Å². The first-order valence-electron chi connectivity index (χ1n) is 19.9. The number of phosphoric acid groups is 4. The lowest BCUT2D eigenvalue weighted by Crippen LogP contribution is -2.37. The Kier molecular flexibility index (Phi) is 13.9. The van der Waals surface area contributed by atoms with Crippen LogP contribution in [0.2, 0.25) is 0 Å². The van der Waals surface area contributed by atoms with E-state index in [0.29, 0.717) is 0 Å². The van der Waals surface area contributed by atoms with Crippen LogP contribution in [0.5, 0.6) is 0 Å². The summed E-state index contributed by atoms with van der Waals surface area (Å²) in [7, 11) is -21.5. The van der Waals surface area contributed by atoms with Crippen LogP contribution in [0, 0.1) is 0 Å². The number of imidazole rings is 3. The van der Waals surface area contributed by atoms with E-state index in [1.807, 2.05) is 0 Å². The molecule has 37 nitrogen and oxygen atoms in total. The van der Waals surface area contributed by atoms with E-state index in [4.69, 9.17) is 54.0 Å². The van der Waals surface area contributed by atoms with Crippen LogP contribution in [0.15, 0.2) is 38.0 Å². The smallest absolute Gasteiger partial charge is 0.387 e. The SMILES string of the molecule is Nc1ncnc2c1ncn2[C@@H]1O[C@H](COP(=O)(O)O[C@@H]2[C@H](O)[C@@H](COP(=O)(O)O[C@H]3[C@H](O)[C@@H](COP(=O)(O)O)O[C@H]3n3cnc4c(N)ncnc43)O[C@H]2n2cnc3c(N)ncnc32)[C@@H](O)[C@H]1OP(=O)(O)O. The Hall–Kier alpha value is -4.75. The number of aromatic nitrogens is 12. The maximum absolute atomic E-state index is 13.7. The average Bonchev–Trinajstić information content (AvgIpc) is 4.15. The molecule has 71 heavy (non-hydrogen) atoms. The molecular formula is C30H39N15O22P4. The first-order valence-corrected chi connectivity index (χ1v) is 26.0. The van der Waals surface area contributed by atoms with Gasteiger partial charge in [0, 0.05) is 0 Å². The summed E-state index contributed by atoms with van der Waals surface area (Å²) in [5.74, 6) is -0.301. The van der Waals surface area contributed by atoms with E-state index in [9.17, 15) is 62.9 Å². The van der Waals surface area contributed by atoms with Crippen LogP contribution in [0.1, 0.15) is 18.7 Å². The van der Waals surface area contributed by atoms with Crippen molar-refractivity contribution in [2.75, 3.05) is 37.0 Å². The van der Waals surface area contributed by atoms with Crippen molar-refractivity contribution in [3.05, 3.63) is 38.0 Å². The zero-order valence-electron chi connectivity index (χ0n) is 35.2. The van der Waals surface area contributed by atoms with Gasteiger partial charge in [-0.1, -0.05) is 0 Å². The molecule has 3 fully saturated rings. The third kappa shape index (κ3) is 10.6. The normalized spacial score (nSPS) is 30.2. The molecular weight excluding hydrogens is 1050 g/mol. The molecule has 6 aromatic rings. The number of aliphatic hydroxyl groups excluding tert-OH is 3. The summed E-state index contributed by atoms with van der Waals surface area (Å²) in [6.07, 6.45) is -15.6. The lowest BCUT2D eigenvalue weighted by Gasteiger charge is -2.25. The zero-order valence-corrected chi connectivity index (χ0v) is 38.8. The number of aliphatic hydroxyl groups is 3. The highest BCUT2D eigenvalue weighted by Gasteiger charge is 2.54. The number of ether oxygens (including phenoxy) is 3. The number of rotatable bonds is 18. The Morgan fingerprint density at radius 3 is 1.08 bits per heavy atom. The highest BCUT2D eigenvalue weighted by atomic mass is 31.2. The predicted molar refractivity (Wildman–Crippen MR) is 225 cm³/mol. The van der Waals surface area contributed by atoms with Gasteiger partial charge in [0.05, 0.1) is 38.8 Å². The van der Waals surface area contributed by atoms with Crippen molar-refractivity contribution in [1.82, 2.24) is 58.6 Å². The Balaban J connectivity index is 0.932. The summed E-state index contributed by atoms with van der Waals surface area (Å²) in [6.45, 7) is -3.11. The van der Waals surface area contributed by atoms with Gasteiger partial charge >= 0.3 is 31.3 Å². The van der Waals surface area contributed by atoms with Gasteiger partial charge in [-0.05, 0) is 0 Å². The summed E-state index contributed by atoms with van der Waals surface area (Å²) in [5, 5.41) is 34.0. The molecule has 386 valence electrons. The minimum absolute atomic E-state index is 0.00855. The minimum Gasteiger partial charge on any atom is -0.387 e. The molecule has 9 rings (SSSR count). The van der Waals surface area contributed by atoms with Crippen molar-refractivity contribution in [2.45, 2.75) is 73.6 Å². The standard InChI is InChI=1S/C30H39N15O22P4/c31-22-13-25(37-4-34-22)43(7-40-13)28-19(65-69(52,53)54)16(46)11(63-28)2-60-70(55,56)67-21-18(48)12(64-30(21)45-9-42-15-24(33)36-6-39-27(15)45)3-61-71(57,58)66-20-17(47)10(1-59-68(49,50)51)62-29(20)44-8-41-14-23(32)35-5-38-26(14)44/h4-12,16-21,28-30,46-48H,1-3H2,(H,55,56)(H,57,58)(H2,31,34,37)(H2,32,35,38)(H2,33,36,39)(H2,49,50,51)(H2,52,53,54)/t10-,11-,12-,16-,17-,18-,19-,20+,21-,28-,29-,30-/m1/s1. The predicted octanol–water partition coefficient (Wildman–Crippen LogP) is -3.38. The van der Waals surface area contributed by atoms with Crippen LogP contribution in [0.4, 0.5) is 17.5 Å². The molecule has 0 amide bonds. The van der Waals surface area contributed by atoms with Crippen LogP contribution in [0.25, 0.3) is 33.5 Å².